The SMILES string of the molecule is N#Cc1cccc(Nc2ncc(C(=O)Nc3c(F)cccc3F)cn2)c1. The van der Waals surface area contributed by atoms with E-state index in [0.29, 0.717) is 11.3 Å². The molecule has 8 heteroatoms. The van der Waals surface area contributed by atoms with Crippen molar-refractivity contribution in [3.8, 4) is 6.07 Å². The van der Waals surface area contributed by atoms with E-state index in [-0.39, 0.29) is 11.5 Å². The molecule has 0 aliphatic rings. The molecule has 0 atom stereocenters. The third-order valence-electron chi connectivity index (χ3n) is 3.36. The van der Waals surface area contributed by atoms with Crippen molar-refractivity contribution < 1.29 is 13.6 Å². The highest BCUT2D eigenvalue weighted by Gasteiger charge is 2.14. The summed E-state index contributed by atoms with van der Waals surface area (Å²) >= 11 is 0. The number of carbonyl (C=O) groups excluding carboxylic acids is 1. The van der Waals surface area contributed by atoms with Crippen LogP contribution < -0.4 is 10.6 Å². The highest BCUT2D eigenvalue weighted by molar-refractivity contribution is 6.04. The normalized spacial score (nSPS) is 10.0. The molecule has 0 radical (unpaired) electrons. The summed E-state index contributed by atoms with van der Waals surface area (Å²) in [5.41, 5.74) is 0.574. The Balaban J connectivity index is 1.73. The van der Waals surface area contributed by atoms with Gasteiger partial charge in [0.2, 0.25) is 5.95 Å². The van der Waals surface area contributed by atoms with Crippen LogP contribution in [-0.4, -0.2) is 15.9 Å². The van der Waals surface area contributed by atoms with Crippen molar-refractivity contribution in [1.82, 2.24) is 9.97 Å². The number of carbonyl (C=O) groups is 1. The Morgan fingerprint density at radius 2 is 1.69 bits per heavy atom. The van der Waals surface area contributed by atoms with Crippen molar-refractivity contribution in [3.05, 3.63) is 77.6 Å². The van der Waals surface area contributed by atoms with Gasteiger partial charge in [0.25, 0.3) is 5.91 Å². The number of rotatable bonds is 4. The van der Waals surface area contributed by atoms with E-state index in [4.69, 9.17) is 5.26 Å². The molecule has 1 aromatic heterocycles. The van der Waals surface area contributed by atoms with Crippen LogP contribution in [0.15, 0.2) is 54.9 Å². The molecule has 2 N–H and O–H groups in total. The molecule has 2 aromatic carbocycles. The molecular formula is C18H11F2N5O. The van der Waals surface area contributed by atoms with Crippen LogP contribution >= 0.6 is 0 Å². The zero-order valence-electron chi connectivity index (χ0n) is 13.2. The topological polar surface area (TPSA) is 90.7 Å². The second-order valence-electron chi connectivity index (χ2n) is 5.16. The molecule has 6 nitrogen and oxygen atoms in total. The third kappa shape index (κ3) is 3.79. The summed E-state index contributed by atoms with van der Waals surface area (Å²) in [5, 5.41) is 13.9. The monoisotopic (exact) mass is 351 g/mol. The molecule has 0 unspecified atom stereocenters. The van der Waals surface area contributed by atoms with E-state index in [0.717, 1.165) is 12.1 Å². The summed E-state index contributed by atoms with van der Waals surface area (Å²) in [6.45, 7) is 0. The number of aromatic nitrogens is 2. The first-order valence-corrected chi connectivity index (χ1v) is 7.41. The largest absolute Gasteiger partial charge is 0.324 e. The minimum atomic E-state index is -0.880. The number of nitrogens with one attached hydrogen (secondary N) is 2. The molecule has 0 spiro atoms. The number of para-hydroxylation sites is 1. The minimum absolute atomic E-state index is 0.0315. The zero-order valence-corrected chi connectivity index (χ0v) is 13.2. The number of benzene rings is 2. The number of nitriles is 1. The van der Waals surface area contributed by atoms with Crippen molar-refractivity contribution in [3.63, 3.8) is 0 Å². The van der Waals surface area contributed by atoms with Gasteiger partial charge in [-0.2, -0.15) is 5.26 Å². The summed E-state index contributed by atoms with van der Waals surface area (Å²) < 4.78 is 27.2. The average Bonchev–Trinajstić information content (AvgIpc) is 2.65. The summed E-state index contributed by atoms with van der Waals surface area (Å²) in [6, 6.07) is 12.0. The Morgan fingerprint density at radius 1 is 1.04 bits per heavy atom. The first kappa shape index (κ1) is 17.0. The third-order valence-corrected chi connectivity index (χ3v) is 3.36. The van der Waals surface area contributed by atoms with Crippen molar-refractivity contribution in [2.75, 3.05) is 10.6 Å². The quantitative estimate of drug-likeness (QED) is 0.749. The minimum Gasteiger partial charge on any atom is -0.324 e. The molecule has 1 amide bonds. The maximum atomic E-state index is 13.6. The smallest absolute Gasteiger partial charge is 0.258 e. The molecule has 1 heterocycles. The average molecular weight is 351 g/mol. The standard InChI is InChI=1S/C18H11F2N5O/c19-14-5-2-6-15(20)16(14)25-17(26)12-9-22-18(23-10-12)24-13-4-1-3-11(7-13)8-21/h1-7,9-10H,(H,25,26)(H,22,23,24). The van der Waals surface area contributed by atoms with E-state index in [1.807, 2.05) is 6.07 Å². The van der Waals surface area contributed by atoms with Crippen molar-refractivity contribution in [2.45, 2.75) is 0 Å². The number of amides is 1. The van der Waals surface area contributed by atoms with Crippen LogP contribution in [0, 0.1) is 23.0 Å². The second-order valence-corrected chi connectivity index (χ2v) is 5.16. The van der Waals surface area contributed by atoms with Crippen LogP contribution in [0.3, 0.4) is 0 Å². The van der Waals surface area contributed by atoms with E-state index in [2.05, 4.69) is 20.6 Å². The van der Waals surface area contributed by atoms with Gasteiger partial charge in [0.05, 0.1) is 17.2 Å². The molecule has 0 saturated carbocycles. The van der Waals surface area contributed by atoms with Crippen molar-refractivity contribution in [2.24, 2.45) is 0 Å². The predicted molar refractivity (Wildman–Crippen MR) is 90.8 cm³/mol. The molecule has 0 saturated heterocycles. The van der Waals surface area contributed by atoms with E-state index in [1.165, 1.54) is 18.5 Å². The molecule has 26 heavy (non-hydrogen) atoms. The van der Waals surface area contributed by atoms with Gasteiger partial charge in [0.1, 0.15) is 17.3 Å². The van der Waals surface area contributed by atoms with Gasteiger partial charge in [-0.05, 0) is 30.3 Å². The van der Waals surface area contributed by atoms with Crippen LogP contribution in [0.25, 0.3) is 0 Å². The maximum absolute atomic E-state index is 13.6. The number of nitrogens with zero attached hydrogens (tertiary/aromatic N) is 3. The van der Waals surface area contributed by atoms with Crippen LogP contribution in [-0.2, 0) is 0 Å². The van der Waals surface area contributed by atoms with Gasteiger partial charge in [-0.1, -0.05) is 12.1 Å². The first-order chi connectivity index (χ1) is 12.6. The van der Waals surface area contributed by atoms with Crippen LogP contribution in [0.4, 0.5) is 26.1 Å². The summed E-state index contributed by atoms with van der Waals surface area (Å²) in [7, 11) is 0. The number of hydrogen-bond donors (Lipinski definition) is 2. The molecule has 3 rings (SSSR count). The molecule has 0 aliphatic carbocycles. The molecule has 3 aromatic rings. The fourth-order valence-electron chi connectivity index (χ4n) is 2.11. The first-order valence-electron chi connectivity index (χ1n) is 7.41. The lowest BCUT2D eigenvalue weighted by molar-refractivity contribution is 0.102. The van der Waals surface area contributed by atoms with Gasteiger partial charge < -0.3 is 10.6 Å². The highest BCUT2D eigenvalue weighted by Crippen LogP contribution is 2.19. The lowest BCUT2D eigenvalue weighted by Crippen LogP contribution is -2.15. The van der Waals surface area contributed by atoms with Crippen LogP contribution in [0.2, 0.25) is 0 Å². The van der Waals surface area contributed by atoms with Gasteiger partial charge in [-0.25, -0.2) is 18.7 Å². The Labute approximate surface area is 147 Å². The maximum Gasteiger partial charge on any atom is 0.258 e. The van der Waals surface area contributed by atoms with Gasteiger partial charge in [0, 0.05) is 18.1 Å². The van der Waals surface area contributed by atoms with Gasteiger partial charge in [-0.3, -0.25) is 4.79 Å². The highest BCUT2D eigenvalue weighted by atomic mass is 19.1. The fourth-order valence-corrected chi connectivity index (χ4v) is 2.11. The van der Waals surface area contributed by atoms with Crippen molar-refractivity contribution >= 4 is 23.2 Å². The molecule has 0 fully saturated rings. The van der Waals surface area contributed by atoms with Crippen molar-refractivity contribution in [1.29, 1.82) is 5.26 Å². The molecular weight excluding hydrogens is 340 g/mol. The fraction of sp³-hybridized carbons (Fsp3) is 0. The van der Waals surface area contributed by atoms with E-state index >= 15 is 0 Å². The Kier molecular flexibility index (Phi) is 4.80. The summed E-state index contributed by atoms with van der Waals surface area (Å²) in [5.74, 6) is -2.30. The molecule has 0 aliphatic heterocycles. The van der Waals surface area contributed by atoms with Gasteiger partial charge in [0.15, 0.2) is 0 Å². The van der Waals surface area contributed by atoms with E-state index in [1.54, 1.807) is 24.3 Å². The summed E-state index contributed by atoms with van der Waals surface area (Å²) in [6.07, 6.45) is 2.44. The van der Waals surface area contributed by atoms with E-state index in [9.17, 15) is 13.6 Å². The second kappa shape index (κ2) is 7.36. The Bertz CT molecular complexity index is 979. The molecule has 128 valence electrons. The lowest BCUT2D eigenvalue weighted by atomic mass is 10.2. The number of halogens is 2. The number of hydrogen-bond acceptors (Lipinski definition) is 5. The van der Waals surface area contributed by atoms with Gasteiger partial charge in [-0.15, -0.1) is 0 Å². The van der Waals surface area contributed by atoms with Gasteiger partial charge >= 0.3 is 0 Å². The zero-order chi connectivity index (χ0) is 18.5. The number of anilines is 3. The summed E-state index contributed by atoms with van der Waals surface area (Å²) in [4.78, 5) is 20.1. The van der Waals surface area contributed by atoms with E-state index < -0.39 is 23.2 Å². The Hall–Kier alpha value is -3.86. The predicted octanol–water partition coefficient (Wildman–Crippen LogP) is 3.62. The van der Waals surface area contributed by atoms with Crippen LogP contribution in [0.1, 0.15) is 15.9 Å². The van der Waals surface area contributed by atoms with Crippen LogP contribution in [0.5, 0.6) is 0 Å². The Morgan fingerprint density at radius 3 is 2.35 bits per heavy atom. The lowest BCUT2D eigenvalue weighted by Gasteiger charge is -2.08. The molecule has 0 bridgehead atoms.